The number of nitrogens with zero attached hydrogens (tertiary/aromatic N) is 2. The molecule has 1 N–H and O–H groups in total. The Hall–Kier alpha value is -0.260. The van der Waals surface area contributed by atoms with E-state index in [1.807, 2.05) is 30.1 Å². The fourth-order valence-electron chi connectivity index (χ4n) is 2.11. The van der Waals surface area contributed by atoms with Gasteiger partial charge in [-0.1, -0.05) is 13.8 Å². The van der Waals surface area contributed by atoms with Crippen molar-refractivity contribution in [2.45, 2.75) is 32.7 Å². The normalized spacial score (nSPS) is 18.1. The predicted octanol–water partition coefficient (Wildman–Crippen LogP) is 2.93. The van der Waals surface area contributed by atoms with Crippen molar-refractivity contribution in [3.63, 3.8) is 0 Å². The van der Waals surface area contributed by atoms with Crippen molar-refractivity contribution in [3.05, 3.63) is 10.6 Å². The number of hydrogen-bond acceptors (Lipinski definition) is 5. The first-order chi connectivity index (χ1) is 8.76. The third kappa shape index (κ3) is 3.19. The number of thiazole rings is 1. The fourth-order valence-corrected chi connectivity index (χ4v) is 4.25. The molecular formula is C13H23N3S2. The van der Waals surface area contributed by atoms with E-state index in [4.69, 9.17) is 4.98 Å². The molecule has 102 valence electrons. The number of anilines is 1. The van der Waals surface area contributed by atoms with E-state index in [0.717, 1.165) is 26.1 Å². The number of thioether (sulfide) groups is 1. The maximum Gasteiger partial charge on any atom is 0.185 e. The van der Waals surface area contributed by atoms with Crippen LogP contribution in [0.2, 0.25) is 0 Å². The van der Waals surface area contributed by atoms with Gasteiger partial charge >= 0.3 is 0 Å². The van der Waals surface area contributed by atoms with Crippen LogP contribution in [0, 0.1) is 0 Å². The van der Waals surface area contributed by atoms with Gasteiger partial charge in [-0.05, 0) is 19.4 Å². The third-order valence-electron chi connectivity index (χ3n) is 3.41. The van der Waals surface area contributed by atoms with Crippen LogP contribution < -0.4 is 10.2 Å². The SMILES string of the molecule is CCC(C)c1nc(N2CCSCC2)sc1CNC. The Balaban J connectivity index is 2.20. The molecule has 1 aromatic rings. The highest BCUT2D eigenvalue weighted by molar-refractivity contribution is 7.99. The molecule has 1 aliphatic heterocycles. The maximum atomic E-state index is 4.92. The number of hydrogen-bond donors (Lipinski definition) is 1. The van der Waals surface area contributed by atoms with Crippen molar-refractivity contribution in [1.82, 2.24) is 10.3 Å². The van der Waals surface area contributed by atoms with Crippen molar-refractivity contribution < 1.29 is 0 Å². The van der Waals surface area contributed by atoms with E-state index >= 15 is 0 Å². The third-order valence-corrected chi connectivity index (χ3v) is 5.49. The average molecular weight is 285 g/mol. The summed E-state index contributed by atoms with van der Waals surface area (Å²) >= 11 is 3.93. The zero-order valence-corrected chi connectivity index (χ0v) is 13.2. The van der Waals surface area contributed by atoms with E-state index in [1.54, 1.807) is 0 Å². The van der Waals surface area contributed by atoms with Gasteiger partial charge in [0.05, 0.1) is 5.69 Å². The van der Waals surface area contributed by atoms with Crippen LogP contribution in [0.3, 0.4) is 0 Å². The monoisotopic (exact) mass is 285 g/mol. The van der Waals surface area contributed by atoms with Gasteiger partial charge in [0.25, 0.3) is 0 Å². The molecule has 2 heterocycles. The molecule has 3 nitrogen and oxygen atoms in total. The second-order valence-corrected chi connectivity index (χ2v) is 7.03. The molecule has 1 aliphatic rings. The molecule has 5 heteroatoms. The van der Waals surface area contributed by atoms with E-state index in [2.05, 4.69) is 24.1 Å². The van der Waals surface area contributed by atoms with Gasteiger partial charge in [0, 0.05) is 36.0 Å². The summed E-state index contributed by atoms with van der Waals surface area (Å²) in [6.45, 7) is 7.77. The molecule has 0 aliphatic carbocycles. The Labute approximate surface area is 118 Å². The van der Waals surface area contributed by atoms with Crippen molar-refractivity contribution >= 4 is 28.2 Å². The van der Waals surface area contributed by atoms with Gasteiger partial charge in [-0.3, -0.25) is 0 Å². The maximum absolute atomic E-state index is 4.92. The number of nitrogens with one attached hydrogen (secondary N) is 1. The standard InChI is InChI=1S/C13H23N3S2/c1-4-10(2)12-11(9-14-3)18-13(15-12)16-5-7-17-8-6-16/h10,14H,4-9H2,1-3H3. The molecule has 1 saturated heterocycles. The van der Waals surface area contributed by atoms with E-state index < -0.39 is 0 Å². The topological polar surface area (TPSA) is 28.2 Å². The van der Waals surface area contributed by atoms with E-state index in [0.29, 0.717) is 5.92 Å². The van der Waals surface area contributed by atoms with Crippen LogP contribution >= 0.6 is 23.1 Å². The van der Waals surface area contributed by atoms with Crippen LogP contribution in [0.25, 0.3) is 0 Å². The molecule has 1 aromatic heterocycles. The van der Waals surface area contributed by atoms with Gasteiger partial charge in [-0.15, -0.1) is 11.3 Å². The predicted molar refractivity (Wildman–Crippen MR) is 83.1 cm³/mol. The highest BCUT2D eigenvalue weighted by atomic mass is 32.2. The first-order valence-electron chi connectivity index (χ1n) is 6.73. The minimum Gasteiger partial charge on any atom is -0.346 e. The lowest BCUT2D eigenvalue weighted by molar-refractivity contribution is 0.691. The Morgan fingerprint density at radius 2 is 2.11 bits per heavy atom. The molecule has 0 amide bonds. The minimum atomic E-state index is 0.567. The van der Waals surface area contributed by atoms with Gasteiger partial charge in [0.1, 0.15) is 0 Å². The lowest BCUT2D eigenvalue weighted by atomic mass is 10.0. The highest BCUT2D eigenvalue weighted by Gasteiger charge is 2.20. The molecule has 1 fully saturated rings. The van der Waals surface area contributed by atoms with Gasteiger partial charge in [0.15, 0.2) is 5.13 Å². The van der Waals surface area contributed by atoms with E-state index in [-0.39, 0.29) is 0 Å². The molecule has 1 atom stereocenters. The summed E-state index contributed by atoms with van der Waals surface area (Å²) < 4.78 is 0. The number of rotatable bonds is 5. The van der Waals surface area contributed by atoms with Crippen molar-refractivity contribution in [3.8, 4) is 0 Å². The molecule has 0 aromatic carbocycles. The molecule has 0 saturated carbocycles. The van der Waals surface area contributed by atoms with E-state index in [9.17, 15) is 0 Å². The summed E-state index contributed by atoms with van der Waals surface area (Å²) in [5.74, 6) is 3.04. The lowest BCUT2D eigenvalue weighted by Gasteiger charge is -2.25. The zero-order chi connectivity index (χ0) is 13.0. The molecule has 18 heavy (non-hydrogen) atoms. The summed E-state index contributed by atoms with van der Waals surface area (Å²) in [5, 5.41) is 4.50. The molecule has 0 bridgehead atoms. The summed E-state index contributed by atoms with van der Waals surface area (Å²) in [6.07, 6.45) is 1.16. The summed E-state index contributed by atoms with van der Waals surface area (Å²) in [7, 11) is 2.01. The minimum absolute atomic E-state index is 0.567. The van der Waals surface area contributed by atoms with Crippen molar-refractivity contribution in [2.24, 2.45) is 0 Å². The Morgan fingerprint density at radius 1 is 1.39 bits per heavy atom. The quantitative estimate of drug-likeness (QED) is 0.900. The highest BCUT2D eigenvalue weighted by Crippen LogP contribution is 2.33. The summed E-state index contributed by atoms with van der Waals surface area (Å²) in [4.78, 5) is 8.79. The van der Waals surface area contributed by atoms with E-state index in [1.165, 1.54) is 27.2 Å². The smallest absolute Gasteiger partial charge is 0.185 e. The lowest BCUT2D eigenvalue weighted by Crippen LogP contribution is -2.32. The molecule has 1 unspecified atom stereocenters. The van der Waals surface area contributed by atoms with Crippen LogP contribution in [-0.2, 0) is 6.54 Å². The largest absolute Gasteiger partial charge is 0.346 e. The number of aromatic nitrogens is 1. The molecule has 2 rings (SSSR count). The van der Waals surface area contributed by atoms with Crippen LogP contribution in [0.5, 0.6) is 0 Å². The van der Waals surface area contributed by atoms with Gasteiger partial charge in [0.2, 0.25) is 0 Å². The second kappa shape index (κ2) is 6.78. The molecule has 0 spiro atoms. The first kappa shape index (κ1) is 14.2. The second-order valence-electron chi connectivity index (χ2n) is 4.74. The average Bonchev–Trinajstić information content (AvgIpc) is 2.83. The van der Waals surface area contributed by atoms with Crippen LogP contribution in [0.15, 0.2) is 0 Å². The van der Waals surface area contributed by atoms with Crippen LogP contribution in [-0.4, -0.2) is 36.6 Å². The summed E-state index contributed by atoms with van der Waals surface area (Å²) in [5.41, 5.74) is 1.31. The van der Waals surface area contributed by atoms with Crippen LogP contribution in [0.4, 0.5) is 5.13 Å². The van der Waals surface area contributed by atoms with Gasteiger partial charge in [-0.25, -0.2) is 4.98 Å². The Morgan fingerprint density at radius 3 is 2.72 bits per heavy atom. The molecule has 0 radical (unpaired) electrons. The van der Waals surface area contributed by atoms with Gasteiger partial charge in [-0.2, -0.15) is 11.8 Å². The van der Waals surface area contributed by atoms with Crippen LogP contribution in [0.1, 0.15) is 36.8 Å². The molecular weight excluding hydrogens is 262 g/mol. The van der Waals surface area contributed by atoms with Gasteiger partial charge < -0.3 is 10.2 Å². The van der Waals surface area contributed by atoms with Crippen molar-refractivity contribution in [2.75, 3.05) is 36.5 Å². The Bertz CT molecular complexity index is 372. The Kier molecular flexibility index (Phi) is 5.33. The van der Waals surface area contributed by atoms with Crippen molar-refractivity contribution in [1.29, 1.82) is 0 Å². The summed E-state index contributed by atoms with van der Waals surface area (Å²) in [6, 6.07) is 0. The fraction of sp³-hybridized carbons (Fsp3) is 0.769. The first-order valence-corrected chi connectivity index (χ1v) is 8.70. The zero-order valence-electron chi connectivity index (χ0n) is 11.5.